The molecule has 1 N–H and O–H groups in total. The summed E-state index contributed by atoms with van der Waals surface area (Å²) in [5, 5.41) is 2.10. The first-order chi connectivity index (χ1) is 14.8. The van der Waals surface area contributed by atoms with Crippen LogP contribution in [0.15, 0.2) is 42.5 Å². The van der Waals surface area contributed by atoms with Crippen molar-refractivity contribution in [2.75, 3.05) is 38.3 Å². The summed E-state index contributed by atoms with van der Waals surface area (Å²) in [6.45, 7) is 2.52. The van der Waals surface area contributed by atoms with Crippen LogP contribution >= 0.6 is 0 Å². The van der Waals surface area contributed by atoms with Gasteiger partial charge in [0.1, 0.15) is 0 Å². The molecule has 1 fully saturated rings. The number of rotatable bonds is 3. The van der Waals surface area contributed by atoms with Crippen molar-refractivity contribution < 1.29 is 32.2 Å². The number of para-hydroxylation sites is 1. The molecule has 0 unspecified atom stereocenters. The molecule has 2 heterocycles. The van der Waals surface area contributed by atoms with Crippen molar-refractivity contribution in [2.45, 2.75) is 12.7 Å². The monoisotopic (exact) mass is 435 g/mol. The average Bonchev–Trinajstić information content (AvgIpc) is 3.21. The second-order valence-corrected chi connectivity index (χ2v) is 7.25. The second-order valence-electron chi connectivity index (χ2n) is 7.25. The van der Waals surface area contributed by atoms with Gasteiger partial charge in [0.05, 0.1) is 11.3 Å². The summed E-state index contributed by atoms with van der Waals surface area (Å²) in [6.07, 6.45) is -4.63. The molecule has 2 aromatic carbocycles. The molecular formula is C21H20F3N3O4. The fraction of sp³-hybridized carbons (Fsp3) is 0.333. The van der Waals surface area contributed by atoms with Gasteiger partial charge < -0.3 is 19.7 Å². The maximum atomic E-state index is 13.1. The van der Waals surface area contributed by atoms with E-state index in [0.29, 0.717) is 44.2 Å². The number of ether oxygens (including phenoxy) is 2. The number of fused-ring (bicyclic) bond motifs is 1. The summed E-state index contributed by atoms with van der Waals surface area (Å²) in [4.78, 5) is 28.2. The Morgan fingerprint density at radius 3 is 2.42 bits per heavy atom. The molecular weight excluding hydrogens is 415 g/mol. The number of carbonyl (C=O) groups is 2. The van der Waals surface area contributed by atoms with Crippen LogP contribution in [0.1, 0.15) is 11.1 Å². The Kier molecular flexibility index (Phi) is 5.73. The van der Waals surface area contributed by atoms with Crippen molar-refractivity contribution in [2.24, 2.45) is 0 Å². The van der Waals surface area contributed by atoms with Gasteiger partial charge in [-0.3, -0.25) is 14.5 Å². The lowest BCUT2D eigenvalue weighted by Crippen LogP contribution is -2.51. The number of benzene rings is 2. The minimum Gasteiger partial charge on any atom is -0.454 e. The molecule has 2 aliphatic rings. The molecule has 2 aliphatic heterocycles. The molecule has 0 saturated carbocycles. The predicted molar refractivity (Wildman–Crippen MR) is 104 cm³/mol. The molecule has 164 valence electrons. The molecule has 4 rings (SSSR count). The molecule has 0 bridgehead atoms. The summed E-state index contributed by atoms with van der Waals surface area (Å²) < 4.78 is 49.9. The number of hydrogen-bond donors (Lipinski definition) is 1. The standard InChI is InChI=1S/C21H20F3N3O4/c22-21(23,24)15-3-1-2-4-16(15)25-19(28)20(29)27-9-7-26(8-10-27)12-14-5-6-17-18(11-14)31-13-30-17/h1-6,11H,7-10,12-13H2,(H,25,28). The number of carbonyl (C=O) groups excluding carboxylic acids is 2. The molecule has 0 aromatic heterocycles. The van der Waals surface area contributed by atoms with Crippen LogP contribution in [0.25, 0.3) is 0 Å². The van der Waals surface area contributed by atoms with E-state index in [2.05, 4.69) is 10.2 Å². The fourth-order valence-electron chi connectivity index (χ4n) is 3.57. The van der Waals surface area contributed by atoms with Gasteiger partial charge in [-0.2, -0.15) is 13.2 Å². The van der Waals surface area contributed by atoms with Crippen molar-refractivity contribution >= 4 is 17.5 Å². The first-order valence-corrected chi connectivity index (χ1v) is 9.68. The Bertz CT molecular complexity index is 988. The number of amides is 2. The van der Waals surface area contributed by atoms with Crippen molar-refractivity contribution in [3.05, 3.63) is 53.6 Å². The zero-order valence-corrected chi connectivity index (χ0v) is 16.4. The third-order valence-electron chi connectivity index (χ3n) is 5.18. The Morgan fingerprint density at radius 2 is 1.68 bits per heavy atom. The lowest BCUT2D eigenvalue weighted by Gasteiger charge is -2.34. The third kappa shape index (κ3) is 4.74. The van der Waals surface area contributed by atoms with Crippen LogP contribution in [0.2, 0.25) is 0 Å². The highest BCUT2D eigenvalue weighted by molar-refractivity contribution is 6.39. The molecule has 10 heteroatoms. The van der Waals surface area contributed by atoms with Crippen LogP contribution in [-0.4, -0.2) is 54.6 Å². The van der Waals surface area contributed by atoms with Gasteiger partial charge in [0.15, 0.2) is 11.5 Å². The van der Waals surface area contributed by atoms with Crippen LogP contribution < -0.4 is 14.8 Å². The average molecular weight is 435 g/mol. The second kappa shape index (κ2) is 8.46. The summed E-state index contributed by atoms with van der Waals surface area (Å²) in [7, 11) is 0. The van der Waals surface area contributed by atoms with Gasteiger partial charge in [-0.1, -0.05) is 18.2 Å². The van der Waals surface area contributed by atoms with Crippen LogP contribution in [0, 0.1) is 0 Å². The first kappa shape index (κ1) is 21.0. The van der Waals surface area contributed by atoms with E-state index >= 15 is 0 Å². The lowest BCUT2D eigenvalue weighted by molar-refractivity contribution is -0.144. The zero-order valence-electron chi connectivity index (χ0n) is 16.4. The lowest BCUT2D eigenvalue weighted by atomic mass is 10.1. The minimum absolute atomic E-state index is 0.203. The van der Waals surface area contributed by atoms with Crippen molar-refractivity contribution in [1.82, 2.24) is 9.80 Å². The van der Waals surface area contributed by atoms with E-state index in [9.17, 15) is 22.8 Å². The van der Waals surface area contributed by atoms with E-state index in [1.807, 2.05) is 18.2 Å². The van der Waals surface area contributed by atoms with Crippen molar-refractivity contribution in [3.63, 3.8) is 0 Å². The van der Waals surface area contributed by atoms with Gasteiger partial charge in [0, 0.05) is 32.7 Å². The zero-order chi connectivity index (χ0) is 22.0. The molecule has 31 heavy (non-hydrogen) atoms. The Labute approximate surface area is 176 Å². The highest BCUT2D eigenvalue weighted by Gasteiger charge is 2.34. The van der Waals surface area contributed by atoms with Gasteiger partial charge in [-0.25, -0.2) is 0 Å². The fourth-order valence-corrected chi connectivity index (χ4v) is 3.57. The van der Waals surface area contributed by atoms with Crippen LogP contribution in [-0.2, 0) is 22.3 Å². The highest BCUT2D eigenvalue weighted by Crippen LogP contribution is 2.35. The Morgan fingerprint density at radius 1 is 0.968 bits per heavy atom. The van der Waals surface area contributed by atoms with Crippen LogP contribution in [0.5, 0.6) is 11.5 Å². The smallest absolute Gasteiger partial charge is 0.418 e. The number of anilines is 1. The van der Waals surface area contributed by atoms with E-state index in [-0.39, 0.29) is 6.79 Å². The van der Waals surface area contributed by atoms with Crippen LogP contribution in [0.4, 0.5) is 18.9 Å². The van der Waals surface area contributed by atoms with E-state index in [0.717, 1.165) is 17.7 Å². The molecule has 2 aromatic rings. The first-order valence-electron chi connectivity index (χ1n) is 9.68. The Hall–Kier alpha value is -3.27. The van der Waals surface area contributed by atoms with Gasteiger partial charge in [-0.05, 0) is 29.8 Å². The number of alkyl halides is 3. The molecule has 2 amide bonds. The number of nitrogens with one attached hydrogen (secondary N) is 1. The minimum atomic E-state index is -4.63. The summed E-state index contributed by atoms with van der Waals surface area (Å²) in [5.74, 6) is -0.528. The maximum Gasteiger partial charge on any atom is 0.418 e. The predicted octanol–water partition coefficient (Wildman–Crippen LogP) is 2.72. The van der Waals surface area contributed by atoms with Gasteiger partial charge in [0.2, 0.25) is 6.79 Å². The number of halogens is 3. The van der Waals surface area contributed by atoms with Crippen molar-refractivity contribution in [1.29, 1.82) is 0 Å². The molecule has 7 nitrogen and oxygen atoms in total. The molecule has 0 atom stereocenters. The number of hydrogen-bond acceptors (Lipinski definition) is 5. The highest BCUT2D eigenvalue weighted by atomic mass is 19.4. The normalized spacial score (nSPS) is 16.3. The summed E-state index contributed by atoms with van der Waals surface area (Å²) >= 11 is 0. The number of nitrogens with zero attached hydrogens (tertiary/aromatic N) is 2. The molecule has 1 saturated heterocycles. The van der Waals surface area contributed by atoms with E-state index in [1.165, 1.54) is 17.0 Å². The van der Waals surface area contributed by atoms with Gasteiger partial charge >= 0.3 is 18.0 Å². The summed E-state index contributed by atoms with van der Waals surface area (Å²) in [6, 6.07) is 10.3. The van der Waals surface area contributed by atoms with E-state index in [1.54, 1.807) is 0 Å². The molecule has 0 spiro atoms. The summed E-state index contributed by atoms with van der Waals surface area (Å²) in [5.41, 5.74) is -0.398. The van der Waals surface area contributed by atoms with Crippen LogP contribution in [0.3, 0.4) is 0 Å². The van der Waals surface area contributed by atoms with Gasteiger partial charge in [0.25, 0.3) is 0 Å². The number of piperazine rings is 1. The molecule has 0 aliphatic carbocycles. The quantitative estimate of drug-likeness (QED) is 0.751. The van der Waals surface area contributed by atoms with E-state index < -0.39 is 29.2 Å². The maximum absolute atomic E-state index is 13.1. The third-order valence-corrected chi connectivity index (χ3v) is 5.18. The topological polar surface area (TPSA) is 71.1 Å². The SMILES string of the molecule is O=C(Nc1ccccc1C(F)(F)F)C(=O)N1CCN(Cc2ccc3c(c2)OCO3)CC1. The van der Waals surface area contributed by atoms with Crippen molar-refractivity contribution in [3.8, 4) is 11.5 Å². The molecule has 0 radical (unpaired) electrons. The van der Waals surface area contributed by atoms with E-state index in [4.69, 9.17) is 9.47 Å². The Balaban J connectivity index is 1.32. The largest absolute Gasteiger partial charge is 0.454 e. The van der Waals surface area contributed by atoms with Gasteiger partial charge in [-0.15, -0.1) is 0 Å².